The van der Waals surface area contributed by atoms with Crippen LogP contribution in [0.15, 0.2) is 66.0 Å². The highest BCUT2D eigenvalue weighted by Crippen LogP contribution is 2.26. The van der Waals surface area contributed by atoms with Gasteiger partial charge in [0.2, 0.25) is 11.8 Å². The smallest absolute Gasteiger partial charge is 0.272 e. The standard InChI is InChI=1S/C22H21N7O3/c1-13-11-25-28(12-13)18-8-7-14(20(23)30)9-16(18)26-22(32)17-10-19(21(24)31)29(27-17)15-5-3-2-4-6-15/h2-9,11-12,19H,10H2,1H3,(H2,23,30)(H2,24,31)(H,26,32). The van der Waals surface area contributed by atoms with Crippen LogP contribution < -0.4 is 21.8 Å². The van der Waals surface area contributed by atoms with Gasteiger partial charge in [-0.15, -0.1) is 0 Å². The topological polar surface area (TPSA) is 149 Å². The number of nitrogens with one attached hydrogen (secondary N) is 1. The minimum atomic E-state index is -0.789. The van der Waals surface area contributed by atoms with E-state index in [-0.39, 0.29) is 17.7 Å². The quantitative estimate of drug-likeness (QED) is 0.538. The zero-order valence-corrected chi connectivity index (χ0v) is 17.2. The Kier molecular flexibility index (Phi) is 5.42. The van der Waals surface area contributed by atoms with E-state index in [2.05, 4.69) is 15.5 Å². The van der Waals surface area contributed by atoms with Crippen molar-refractivity contribution in [3.05, 3.63) is 72.1 Å². The van der Waals surface area contributed by atoms with Crippen molar-refractivity contribution >= 4 is 34.8 Å². The lowest BCUT2D eigenvalue weighted by atomic mass is 10.1. The van der Waals surface area contributed by atoms with Crippen LogP contribution >= 0.6 is 0 Å². The number of hydrogen-bond donors (Lipinski definition) is 3. The Bertz CT molecular complexity index is 1230. The van der Waals surface area contributed by atoms with Crippen molar-refractivity contribution in [1.82, 2.24) is 9.78 Å². The predicted molar refractivity (Wildman–Crippen MR) is 119 cm³/mol. The molecule has 162 valence electrons. The lowest BCUT2D eigenvalue weighted by Gasteiger charge is -2.20. The second kappa shape index (κ2) is 8.34. The summed E-state index contributed by atoms with van der Waals surface area (Å²) in [6, 6.07) is 12.9. The molecular weight excluding hydrogens is 410 g/mol. The predicted octanol–water partition coefficient (Wildman–Crippen LogP) is 1.34. The number of hydrazone groups is 1. The van der Waals surface area contributed by atoms with Crippen molar-refractivity contribution in [2.75, 3.05) is 10.3 Å². The minimum absolute atomic E-state index is 0.0434. The highest BCUT2D eigenvalue weighted by Gasteiger charge is 2.35. The van der Waals surface area contributed by atoms with Gasteiger partial charge < -0.3 is 16.8 Å². The lowest BCUT2D eigenvalue weighted by Crippen LogP contribution is -2.39. The molecule has 32 heavy (non-hydrogen) atoms. The second-order valence-corrected chi connectivity index (χ2v) is 7.36. The summed E-state index contributed by atoms with van der Waals surface area (Å²) in [6.45, 7) is 1.88. The zero-order chi connectivity index (χ0) is 22.8. The average Bonchev–Trinajstić information content (AvgIpc) is 3.41. The van der Waals surface area contributed by atoms with Crippen LogP contribution in [0.1, 0.15) is 22.3 Å². The monoisotopic (exact) mass is 431 g/mol. The second-order valence-electron chi connectivity index (χ2n) is 7.36. The number of aromatic nitrogens is 2. The van der Waals surface area contributed by atoms with Gasteiger partial charge in [-0.3, -0.25) is 19.4 Å². The molecule has 0 saturated heterocycles. The van der Waals surface area contributed by atoms with Crippen molar-refractivity contribution < 1.29 is 14.4 Å². The number of primary amides is 2. The first-order chi connectivity index (χ1) is 15.3. The summed E-state index contributed by atoms with van der Waals surface area (Å²) in [4.78, 5) is 36.7. The number of aryl methyl sites for hydroxylation is 1. The molecule has 0 aliphatic carbocycles. The van der Waals surface area contributed by atoms with Gasteiger partial charge in [-0.05, 0) is 42.8 Å². The number of rotatable bonds is 6. The molecule has 0 spiro atoms. The van der Waals surface area contributed by atoms with Crippen molar-refractivity contribution in [3.8, 4) is 5.69 Å². The van der Waals surface area contributed by atoms with Crippen LogP contribution in [0.4, 0.5) is 11.4 Å². The Morgan fingerprint density at radius 1 is 1.09 bits per heavy atom. The summed E-state index contributed by atoms with van der Waals surface area (Å²) in [5.74, 6) is -1.75. The van der Waals surface area contributed by atoms with Crippen LogP contribution in [0.5, 0.6) is 0 Å². The number of nitrogens with zero attached hydrogens (tertiary/aromatic N) is 4. The molecule has 10 nitrogen and oxygen atoms in total. The highest BCUT2D eigenvalue weighted by atomic mass is 16.2. The molecule has 1 unspecified atom stereocenters. The number of para-hydroxylation sites is 1. The third-order valence-electron chi connectivity index (χ3n) is 5.01. The van der Waals surface area contributed by atoms with Crippen LogP contribution in [-0.2, 0) is 9.59 Å². The van der Waals surface area contributed by atoms with Gasteiger partial charge in [0, 0.05) is 18.2 Å². The molecule has 3 aromatic rings. The van der Waals surface area contributed by atoms with E-state index < -0.39 is 23.8 Å². The minimum Gasteiger partial charge on any atom is -0.368 e. The summed E-state index contributed by atoms with van der Waals surface area (Å²) >= 11 is 0. The van der Waals surface area contributed by atoms with Gasteiger partial charge in [0.1, 0.15) is 11.8 Å². The first-order valence-corrected chi connectivity index (χ1v) is 9.81. The largest absolute Gasteiger partial charge is 0.368 e. The molecule has 0 fully saturated rings. The fourth-order valence-electron chi connectivity index (χ4n) is 3.42. The van der Waals surface area contributed by atoms with Crippen LogP contribution in [-0.4, -0.2) is 39.3 Å². The fourth-order valence-corrected chi connectivity index (χ4v) is 3.42. The van der Waals surface area contributed by atoms with Crippen LogP contribution in [0.3, 0.4) is 0 Å². The maximum absolute atomic E-state index is 13.1. The van der Waals surface area contributed by atoms with Crippen molar-refractivity contribution in [2.45, 2.75) is 19.4 Å². The van der Waals surface area contributed by atoms with Crippen LogP contribution in [0.25, 0.3) is 5.69 Å². The van der Waals surface area contributed by atoms with E-state index in [9.17, 15) is 14.4 Å². The van der Waals surface area contributed by atoms with E-state index in [1.54, 1.807) is 53.5 Å². The molecule has 1 atom stereocenters. The summed E-state index contributed by atoms with van der Waals surface area (Å²) in [5.41, 5.74) is 13.7. The fraction of sp³-hybridized carbons (Fsp3) is 0.136. The third kappa shape index (κ3) is 4.06. The molecule has 5 N–H and O–H groups in total. The number of hydrogen-bond acceptors (Lipinski definition) is 6. The number of benzene rings is 2. The van der Waals surface area contributed by atoms with E-state index >= 15 is 0 Å². The number of carbonyl (C=O) groups is 3. The number of amides is 3. The Labute approximate surface area is 183 Å². The lowest BCUT2D eigenvalue weighted by molar-refractivity contribution is -0.119. The van der Waals surface area contributed by atoms with Gasteiger partial charge in [0.25, 0.3) is 5.91 Å². The molecular formula is C22H21N7O3. The summed E-state index contributed by atoms with van der Waals surface area (Å²) < 4.78 is 1.58. The Morgan fingerprint density at radius 2 is 1.84 bits per heavy atom. The van der Waals surface area contributed by atoms with Gasteiger partial charge in [-0.1, -0.05) is 18.2 Å². The molecule has 10 heteroatoms. The maximum atomic E-state index is 13.1. The number of anilines is 2. The Hall–Kier alpha value is -4.47. The van der Waals surface area contributed by atoms with E-state index in [4.69, 9.17) is 11.5 Å². The van der Waals surface area contributed by atoms with Gasteiger partial charge in [-0.25, -0.2) is 4.68 Å². The SMILES string of the molecule is Cc1cnn(-c2ccc(C(N)=O)cc2NC(=O)C2=NN(c3ccccc3)C(C(N)=O)C2)c1. The maximum Gasteiger partial charge on any atom is 0.272 e. The molecule has 3 amide bonds. The average molecular weight is 431 g/mol. The van der Waals surface area contributed by atoms with Crippen LogP contribution in [0, 0.1) is 6.92 Å². The first kappa shape index (κ1) is 20.8. The Balaban J connectivity index is 1.67. The molecule has 2 aromatic carbocycles. The van der Waals surface area contributed by atoms with Crippen LogP contribution in [0.2, 0.25) is 0 Å². The number of carbonyl (C=O) groups excluding carboxylic acids is 3. The highest BCUT2D eigenvalue weighted by molar-refractivity contribution is 6.44. The Morgan fingerprint density at radius 3 is 2.47 bits per heavy atom. The van der Waals surface area contributed by atoms with Crippen molar-refractivity contribution in [3.63, 3.8) is 0 Å². The molecule has 2 heterocycles. The van der Waals surface area contributed by atoms with Gasteiger partial charge >= 0.3 is 0 Å². The summed E-state index contributed by atoms with van der Waals surface area (Å²) in [5, 5.41) is 12.8. The molecule has 0 radical (unpaired) electrons. The van der Waals surface area contributed by atoms with E-state index in [1.807, 2.05) is 13.0 Å². The molecule has 0 bridgehead atoms. The molecule has 1 aromatic heterocycles. The van der Waals surface area contributed by atoms with Gasteiger partial charge in [0.15, 0.2) is 0 Å². The van der Waals surface area contributed by atoms with Crippen molar-refractivity contribution in [1.29, 1.82) is 0 Å². The molecule has 1 aliphatic heterocycles. The number of nitrogens with two attached hydrogens (primary N) is 2. The zero-order valence-electron chi connectivity index (χ0n) is 17.2. The van der Waals surface area contributed by atoms with Gasteiger partial charge in [0.05, 0.1) is 23.3 Å². The van der Waals surface area contributed by atoms with Crippen molar-refractivity contribution in [2.24, 2.45) is 16.6 Å². The first-order valence-electron chi connectivity index (χ1n) is 9.81. The molecule has 0 saturated carbocycles. The third-order valence-corrected chi connectivity index (χ3v) is 5.01. The molecule has 4 rings (SSSR count). The van der Waals surface area contributed by atoms with Gasteiger partial charge in [-0.2, -0.15) is 10.2 Å². The summed E-state index contributed by atoms with van der Waals surface area (Å²) in [7, 11) is 0. The normalized spacial score (nSPS) is 15.3. The molecule has 1 aliphatic rings. The van der Waals surface area contributed by atoms with E-state index in [1.165, 1.54) is 11.1 Å². The van der Waals surface area contributed by atoms with E-state index in [0.29, 0.717) is 17.1 Å². The summed E-state index contributed by atoms with van der Waals surface area (Å²) in [6.07, 6.45) is 3.49. The van der Waals surface area contributed by atoms with E-state index in [0.717, 1.165) is 5.56 Å².